The summed E-state index contributed by atoms with van der Waals surface area (Å²) in [6.45, 7) is 18.2. The van der Waals surface area contributed by atoms with E-state index in [0.29, 0.717) is 43.5 Å². The zero-order valence-corrected chi connectivity index (χ0v) is 27.1. The lowest BCUT2D eigenvalue weighted by molar-refractivity contribution is -0.127. The second-order valence-corrected chi connectivity index (χ2v) is 10.8. The van der Waals surface area contributed by atoms with Gasteiger partial charge in [0.05, 0.1) is 24.1 Å². The van der Waals surface area contributed by atoms with Crippen molar-refractivity contribution in [3.8, 4) is 6.01 Å². The zero-order valence-electron chi connectivity index (χ0n) is 25.1. The second kappa shape index (κ2) is 16.6. The SMILES string of the molecule is CN1CCC[C@H]1COc1nc(N)c2c(n1)CN(c1cnccc1C1CC1)CC2.S.S.[C-]#[N+]C[C@@H](C)N(CC)C(=O)C=C. The number of ether oxygens (including phenoxy) is 1. The first-order valence-electron chi connectivity index (χ1n) is 14.3. The number of nitrogens with zero attached hydrogens (tertiary/aromatic N) is 7. The van der Waals surface area contributed by atoms with E-state index in [4.69, 9.17) is 22.0 Å². The Morgan fingerprint density at radius 1 is 1.31 bits per heavy atom. The summed E-state index contributed by atoms with van der Waals surface area (Å²) in [6, 6.07) is 3.00. The summed E-state index contributed by atoms with van der Waals surface area (Å²) < 4.78 is 5.95. The predicted octanol–water partition coefficient (Wildman–Crippen LogP) is 3.92. The highest BCUT2D eigenvalue weighted by molar-refractivity contribution is 7.59. The van der Waals surface area contributed by atoms with E-state index in [9.17, 15) is 4.79 Å². The molecule has 2 atom stereocenters. The highest BCUT2D eigenvalue weighted by Gasteiger charge is 2.30. The molecule has 1 saturated heterocycles. The molecule has 230 valence electrons. The number of amides is 1. The van der Waals surface area contributed by atoms with Crippen LogP contribution in [0.15, 0.2) is 31.1 Å². The summed E-state index contributed by atoms with van der Waals surface area (Å²) in [4.78, 5) is 34.3. The molecule has 0 bridgehead atoms. The molecule has 5 rings (SSSR count). The van der Waals surface area contributed by atoms with Crippen LogP contribution >= 0.6 is 27.0 Å². The number of likely N-dealkylation sites (N-methyl/N-ethyl adjacent to an activating group) is 2. The molecule has 0 radical (unpaired) electrons. The van der Waals surface area contributed by atoms with Crippen LogP contribution in [0.4, 0.5) is 11.5 Å². The molecule has 2 aromatic heterocycles. The van der Waals surface area contributed by atoms with E-state index >= 15 is 0 Å². The van der Waals surface area contributed by atoms with Crippen LogP contribution in [0.25, 0.3) is 4.85 Å². The lowest BCUT2D eigenvalue weighted by Gasteiger charge is -2.31. The van der Waals surface area contributed by atoms with Gasteiger partial charge in [0.1, 0.15) is 18.5 Å². The number of nitrogen functional groups attached to an aromatic ring is 1. The van der Waals surface area contributed by atoms with Crippen LogP contribution in [0, 0.1) is 6.57 Å². The number of likely N-dealkylation sites (tertiary alicyclic amines) is 1. The molecule has 2 aliphatic heterocycles. The third kappa shape index (κ3) is 8.75. The van der Waals surface area contributed by atoms with Crippen molar-refractivity contribution in [2.45, 2.75) is 70.5 Å². The average molecular weight is 615 g/mol. The van der Waals surface area contributed by atoms with E-state index < -0.39 is 0 Å². The van der Waals surface area contributed by atoms with Crippen LogP contribution in [-0.2, 0) is 17.8 Å². The van der Waals surface area contributed by atoms with Crippen LogP contribution in [-0.4, -0.2) is 82.6 Å². The third-order valence-electron chi connectivity index (χ3n) is 8.03. The summed E-state index contributed by atoms with van der Waals surface area (Å²) in [5.74, 6) is 1.15. The Bertz CT molecular complexity index is 1240. The number of carbonyl (C=O) groups excluding carboxylic acids is 1. The largest absolute Gasteiger partial charge is 0.462 e. The van der Waals surface area contributed by atoms with Crippen molar-refractivity contribution in [2.24, 2.45) is 0 Å². The Morgan fingerprint density at radius 3 is 2.69 bits per heavy atom. The van der Waals surface area contributed by atoms with Gasteiger partial charge in [-0.05, 0) is 83.2 Å². The van der Waals surface area contributed by atoms with Gasteiger partial charge in [0.15, 0.2) is 0 Å². The Hall–Kier alpha value is -3.01. The summed E-state index contributed by atoms with van der Waals surface area (Å²) >= 11 is 0. The van der Waals surface area contributed by atoms with Crippen molar-refractivity contribution in [2.75, 3.05) is 50.5 Å². The first-order valence-corrected chi connectivity index (χ1v) is 14.3. The number of carbonyl (C=O) groups is 1. The summed E-state index contributed by atoms with van der Waals surface area (Å²) in [7, 11) is 2.15. The molecule has 12 heteroatoms. The number of pyridine rings is 1. The van der Waals surface area contributed by atoms with Gasteiger partial charge in [0, 0.05) is 30.9 Å². The van der Waals surface area contributed by atoms with Gasteiger partial charge in [-0.1, -0.05) is 6.58 Å². The van der Waals surface area contributed by atoms with Gasteiger partial charge in [-0.3, -0.25) is 9.78 Å². The fraction of sp³-hybridized carbons (Fsp3) is 0.567. The standard InChI is InChI=1S/C21H28N6O.C9H14N2O.2H2S/c1-26-9-2-3-15(26)13-28-21-24-18-12-27(10-7-17(18)20(22)25-21)19-11-23-8-6-16(19)14-4-5-14;1-5-9(12)11(6-2)8(3)7-10-4;;/h6,8,11,14-15H,2-5,7,9-10,12-13H2,1H3,(H2,22,24,25);5,8H,1,6-7H2,2-3H3;2*1H2/t15-;8-;;/m01../s1. The van der Waals surface area contributed by atoms with Crippen LogP contribution in [0.3, 0.4) is 0 Å². The van der Waals surface area contributed by atoms with Crippen molar-refractivity contribution in [3.63, 3.8) is 0 Å². The van der Waals surface area contributed by atoms with E-state index in [1.807, 2.05) is 26.2 Å². The molecule has 1 aliphatic carbocycles. The quantitative estimate of drug-likeness (QED) is 0.335. The van der Waals surface area contributed by atoms with Gasteiger partial charge < -0.3 is 30.0 Å². The molecule has 4 heterocycles. The van der Waals surface area contributed by atoms with Crippen molar-refractivity contribution in [1.29, 1.82) is 0 Å². The highest BCUT2D eigenvalue weighted by atomic mass is 32.1. The number of rotatable bonds is 9. The minimum atomic E-state index is -0.103. The van der Waals surface area contributed by atoms with Crippen LogP contribution in [0.1, 0.15) is 62.3 Å². The fourth-order valence-electron chi connectivity index (χ4n) is 5.50. The number of anilines is 2. The Morgan fingerprint density at radius 2 is 2.07 bits per heavy atom. The van der Waals surface area contributed by atoms with E-state index in [-0.39, 0.29) is 38.9 Å². The lowest BCUT2D eigenvalue weighted by Crippen LogP contribution is -2.38. The minimum absolute atomic E-state index is 0. The third-order valence-corrected chi connectivity index (χ3v) is 8.03. The molecule has 3 aliphatic rings. The van der Waals surface area contributed by atoms with Crippen molar-refractivity contribution in [1.82, 2.24) is 24.8 Å². The summed E-state index contributed by atoms with van der Waals surface area (Å²) in [5.41, 5.74) is 11.0. The van der Waals surface area contributed by atoms with Gasteiger partial charge in [-0.15, -0.1) is 0 Å². The number of hydrogen-bond donors (Lipinski definition) is 1. The van der Waals surface area contributed by atoms with Crippen molar-refractivity contribution < 1.29 is 9.53 Å². The maximum atomic E-state index is 11.2. The van der Waals surface area contributed by atoms with E-state index in [1.165, 1.54) is 36.6 Å². The molecule has 2 fully saturated rings. The van der Waals surface area contributed by atoms with Gasteiger partial charge >= 0.3 is 6.01 Å². The molecule has 0 unspecified atom stereocenters. The molecule has 2 N–H and O–H groups in total. The number of aromatic nitrogens is 3. The predicted molar refractivity (Wildman–Crippen MR) is 178 cm³/mol. The van der Waals surface area contributed by atoms with E-state index in [0.717, 1.165) is 43.7 Å². The Labute approximate surface area is 264 Å². The Balaban J connectivity index is 0.000000380. The van der Waals surface area contributed by atoms with Crippen LogP contribution in [0.5, 0.6) is 6.01 Å². The first-order chi connectivity index (χ1) is 19.4. The molecule has 42 heavy (non-hydrogen) atoms. The average Bonchev–Trinajstić information content (AvgIpc) is 3.73. The normalized spacial score (nSPS) is 18.1. The number of hydrogen-bond acceptors (Lipinski definition) is 8. The summed E-state index contributed by atoms with van der Waals surface area (Å²) in [5, 5.41) is 0. The van der Waals surface area contributed by atoms with Crippen LogP contribution < -0.4 is 15.4 Å². The molecular weight excluding hydrogens is 569 g/mol. The minimum Gasteiger partial charge on any atom is -0.462 e. The smallest absolute Gasteiger partial charge is 0.318 e. The number of nitrogens with two attached hydrogens (primary N) is 1. The molecule has 1 amide bonds. The van der Waals surface area contributed by atoms with Gasteiger partial charge in [-0.2, -0.15) is 37.0 Å². The van der Waals surface area contributed by atoms with Gasteiger partial charge in [0.25, 0.3) is 0 Å². The molecule has 2 aromatic rings. The van der Waals surface area contributed by atoms with E-state index in [1.54, 1.807) is 4.90 Å². The number of fused-ring (bicyclic) bond motifs is 1. The first kappa shape index (κ1) is 35.2. The highest BCUT2D eigenvalue weighted by Crippen LogP contribution is 2.44. The molecule has 0 spiro atoms. The maximum absolute atomic E-state index is 11.2. The molecule has 10 nitrogen and oxygen atoms in total. The topological polar surface area (TPSA) is 105 Å². The summed E-state index contributed by atoms with van der Waals surface area (Å²) in [6.07, 6.45) is 11.0. The van der Waals surface area contributed by atoms with Crippen molar-refractivity contribution in [3.05, 3.63) is 59.4 Å². The van der Waals surface area contributed by atoms with Crippen LogP contribution in [0.2, 0.25) is 0 Å². The maximum Gasteiger partial charge on any atom is 0.318 e. The molecular formula is C30H46N8O2S2. The Kier molecular flexibility index (Phi) is 13.9. The molecule has 1 saturated carbocycles. The van der Waals surface area contributed by atoms with Crippen molar-refractivity contribution >= 4 is 44.4 Å². The lowest BCUT2D eigenvalue weighted by atomic mass is 10.0. The molecule has 0 aromatic carbocycles. The van der Waals surface area contributed by atoms with Gasteiger partial charge in [-0.25, -0.2) is 6.57 Å². The van der Waals surface area contributed by atoms with Gasteiger partial charge in [0.2, 0.25) is 12.5 Å². The fourth-order valence-corrected chi connectivity index (χ4v) is 5.50. The monoisotopic (exact) mass is 614 g/mol. The zero-order chi connectivity index (χ0) is 28.6. The van der Waals surface area contributed by atoms with E-state index in [2.05, 4.69) is 44.3 Å². The second-order valence-electron chi connectivity index (χ2n) is 10.8.